The summed E-state index contributed by atoms with van der Waals surface area (Å²) in [5.41, 5.74) is 6.06. The van der Waals surface area contributed by atoms with E-state index in [2.05, 4.69) is 20.3 Å². The van der Waals surface area contributed by atoms with Crippen molar-refractivity contribution in [3.8, 4) is 0 Å². The quantitative estimate of drug-likeness (QED) is 0.215. The van der Waals surface area contributed by atoms with Crippen LogP contribution in [0, 0.1) is 11.2 Å². The average Bonchev–Trinajstić information content (AvgIpc) is 3.10. The molecule has 0 atom stereocenters. The minimum absolute atomic E-state index is 0.0866. The standard InChI is InChI=1S/C16H22ClFN6O2/c17-12-9-11(5-6-13(12)18)24(25)16(20)15-14(22-26-23-15)10-21-8-4-2-1-3-7-19/h5-6,9,20-21,25H,1-4,7-8,10,19H2. The van der Waals surface area contributed by atoms with Crippen molar-refractivity contribution in [2.45, 2.75) is 32.2 Å². The van der Waals surface area contributed by atoms with Crippen molar-refractivity contribution in [2.75, 3.05) is 18.2 Å². The molecule has 26 heavy (non-hydrogen) atoms. The lowest BCUT2D eigenvalue weighted by Crippen LogP contribution is -2.29. The van der Waals surface area contributed by atoms with Crippen LogP contribution in [0.1, 0.15) is 37.1 Å². The van der Waals surface area contributed by atoms with Crippen LogP contribution in [-0.2, 0) is 6.54 Å². The molecule has 0 bridgehead atoms. The van der Waals surface area contributed by atoms with Gasteiger partial charge in [0.1, 0.15) is 11.5 Å². The summed E-state index contributed by atoms with van der Waals surface area (Å²) in [6, 6.07) is 3.60. The Kier molecular flexibility index (Phi) is 7.92. The van der Waals surface area contributed by atoms with Crippen LogP contribution < -0.4 is 16.1 Å². The molecule has 142 valence electrons. The smallest absolute Gasteiger partial charge is 0.182 e. The van der Waals surface area contributed by atoms with Crippen molar-refractivity contribution >= 4 is 23.1 Å². The molecule has 1 aromatic heterocycles. The number of hydrogen-bond acceptors (Lipinski definition) is 7. The zero-order chi connectivity index (χ0) is 18.9. The SMILES string of the molecule is N=C(c1nonc1CNCCCCCCN)N(O)c1ccc(F)c(Cl)c1. The number of nitrogens with two attached hydrogens (primary N) is 1. The largest absolute Gasteiger partial charge is 0.330 e. The van der Waals surface area contributed by atoms with Gasteiger partial charge in [-0.1, -0.05) is 29.6 Å². The van der Waals surface area contributed by atoms with E-state index in [0.717, 1.165) is 38.3 Å². The molecular formula is C16H22ClFN6O2. The summed E-state index contributed by atoms with van der Waals surface area (Å²) in [6.07, 6.45) is 4.20. The highest BCUT2D eigenvalue weighted by Gasteiger charge is 2.21. The van der Waals surface area contributed by atoms with E-state index in [9.17, 15) is 9.60 Å². The number of amidine groups is 1. The molecule has 1 heterocycles. The number of nitrogens with zero attached hydrogens (tertiary/aromatic N) is 3. The number of hydroxylamine groups is 1. The first-order chi connectivity index (χ1) is 12.5. The van der Waals surface area contributed by atoms with Crippen LogP contribution in [0.5, 0.6) is 0 Å². The van der Waals surface area contributed by atoms with E-state index in [4.69, 9.17) is 22.7 Å². The molecule has 10 heteroatoms. The normalized spacial score (nSPS) is 10.9. The predicted molar refractivity (Wildman–Crippen MR) is 96.0 cm³/mol. The van der Waals surface area contributed by atoms with Crippen molar-refractivity contribution in [1.29, 1.82) is 5.41 Å². The van der Waals surface area contributed by atoms with Gasteiger partial charge in [0.2, 0.25) is 0 Å². The third kappa shape index (κ3) is 5.46. The maximum atomic E-state index is 13.2. The predicted octanol–water partition coefficient (Wildman–Crippen LogP) is 2.69. The van der Waals surface area contributed by atoms with E-state index in [-0.39, 0.29) is 22.2 Å². The highest BCUT2D eigenvalue weighted by Crippen LogP contribution is 2.23. The van der Waals surface area contributed by atoms with Gasteiger partial charge in [-0.15, -0.1) is 0 Å². The first kappa shape index (κ1) is 20.2. The number of nitrogens with one attached hydrogen (secondary N) is 2. The molecule has 0 saturated heterocycles. The van der Waals surface area contributed by atoms with Crippen LogP contribution in [0.15, 0.2) is 22.8 Å². The van der Waals surface area contributed by atoms with Gasteiger partial charge in [0, 0.05) is 6.54 Å². The van der Waals surface area contributed by atoms with E-state index in [0.29, 0.717) is 23.8 Å². The molecule has 1 aromatic carbocycles. The highest BCUT2D eigenvalue weighted by atomic mass is 35.5. The van der Waals surface area contributed by atoms with Gasteiger partial charge in [-0.05, 0) is 49.3 Å². The van der Waals surface area contributed by atoms with E-state index in [1.165, 1.54) is 12.1 Å². The molecule has 0 aliphatic carbocycles. The number of anilines is 1. The first-order valence-electron chi connectivity index (χ1n) is 8.29. The van der Waals surface area contributed by atoms with Crippen LogP contribution in [0.3, 0.4) is 0 Å². The Labute approximate surface area is 155 Å². The van der Waals surface area contributed by atoms with Gasteiger partial charge < -0.3 is 11.1 Å². The lowest BCUT2D eigenvalue weighted by molar-refractivity contribution is 0.297. The fourth-order valence-electron chi connectivity index (χ4n) is 2.30. The number of aromatic nitrogens is 2. The van der Waals surface area contributed by atoms with Gasteiger partial charge in [0.25, 0.3) is 0 Å². The summed E-state index contributed by atoms with van der Waals surface area (Å²) >= 11 is 5.70. The summed E-state index contributed by atoms with van der Waals surface area (Å²) < 4.78 is 17.9. The topological polar surface area (TPSA) is 124 Å². The number of hydrogen-bond donors (Lipinski definition) is 4. The molecule has 0 radical (unpaired) electrons. The molecule has 0 aliphatic rings. The van der Waals surface area contributed by atoms with E-state index < -0.39 is 5.82 Å². The average molecular weight is 385 g/mol. The molecule has 0 saturated carbocycles. The number of halogens is 2. The Morgan fingerprint density at radius 2 is 2.08 bits per heavy atom. The third-order valence-electron chi connectivity index (χ3n) is 3.74. The van der Waals surface area contributed by atoms with Gasteiger partial charge in [0.15, 0.2) is 11.5 Å². The van der Waals surface area contributed by atoms with Crippen molar-refractivity contribution in [2.24, 2.45) is 5.73 Å². The number of benzene rings is 1. The Balaban J connectivity index is 1.91. The fourth-order valence-corrected chi connectivity index (χ4v) is 2.48. The lowest BCUT2D eigenvalue weighted by atomic mass is 10.2. The maximum Gasteiger partial charge on any atom is 0.182 e. The van der Waals surface area contributed by atoms with Crippen LogP contribution in [-0.4, -0.2) is 34.4 Å². The summed E-state index contributed by atoms with van der Waals surface area (Å²) in [5.74, 6) is -0.969. The van der Waals surface area contributed by atoms with Crippen LogP contribution in [0.25, 0.3) is 0 Å². The Bertz CT molecular complexity index is 727. The van der Waals surface area contributed by atoms with Gasteiger partial charge in [-0.2, -0.15) is 0 Å². The Morgan fingerprint density at radius 3 is 2.81 bits per heavy atom. The van der Waals surface area contributed by atoms with Gasteiger partial charge in [-0.25, -0.2) is 14.1 Å². The van der Waals surface area contributed by atoms with Gasteiger partial charge in [-0.3, -0.25) is 10.6 Å². The first-order valence-corrected chi connectivity index (χ1v) is 8.67. The molecule has 5 N–H and O–H groups in total. The molecule has 0 fully saturated rings. The molecule has 2 aromatic rings. The molecule has 8 nitrogen and oxygen atoms in total. The van der Waals surface area contributed by atoms with Crippen molar-refractivity contribution in [3.05, 3.63) is 40.4 Å². The second-order valence-electron chi connectivity index (χ2n) is 5.70. The highest BCUT2D eigenvalue weighted by molar-refractivity contribution is 6.31. The summed E-state index contributed by atoms with van der Waals surface area (Å²) in [4.78, 5) is 0. The zero-order valence-electron chi connectivity index (χ0n) is 14.2. The minimum atomic E-state index is -0.616. The molecule has 0 aliphatic heterocycles. The molecule has 0 unspecified atom stereocenters. The Hall–Kier alpha value is -2.07. The second-order valence-corrected chi connectivity index (χ2v) is 6.11. The lowest BCUT2D eigenvalue weighted by Gasteiger charge is -2.16. The maximum absolute atomic E-state index is 13.2. The molecule has 0 spiro atoms. The van der Waals surface area contributed by atoms with E-state index in [1.54, 1.807) is 0 Å². The third-order valence-corrected chi connectivity index (χ3v) is 4.03. The van der Waals surface area contributed by atoms with Gasteiger partial charge >= 0.3 is 0 Å². The summed E-state index contributed by atoms with van der Waals surface area (Å²) in [6.45, 7) is 1.83. The summed E-state index contributed by atoms with van der Waals surface area (Å²) in [5, 5.41) is 29.3. The monoisotopic (exact) mass is 384 g/mol. The van der Waals surface area contributed by atoms with Crippen LogP contribution >= 0.6 is 11.6 Å². The zero-order valence-corrected chi connectivity index (χ0v) is 15.0. The van der Waals surface area contributed by atoms with Gasteiger partial charge in [0.05, 0.1) is 10.7 Å². The second kappa shape index (κ2) is 10.2. The number of unbranched alkanes of at least 4 members (excludes halogenated alkanes) is 3. The van der Waals surface area contributed by atoms with E-state index in [1.807, 2.05) is 0 Å². The molecule has 0 amide bonds. The van der Waals surface area contributed by atoms with Crippen molar-refractivity contribution in [3.63, 3.8) is 0 Å². The molecule has 2 rings (SSSR count). The van der Waals surface area contributed by atoms with Crippen LogP contribution in [0.2, 0.25) is 5.02 Å². The minimum Gasteiger partial charge on any atom is -0.330 e. The Morgan fingerprint density at radius 1 is 1.31 bits per heavy atom. The number of rotatable bonds is 10. The van der Waals surface area contributed by atoms with Crippen molar-refractivity contribution in [1.82, 2.24) is 15.6 Å². The molecular weight excluding hydrogens is 363 g/mol. The summed E-state index contributed by atoms with van der Waals surface area (Å²) in [7, 11) is 0. The fraction of sp³-hybridized carbons (Fsp3) is 0.438. The van der Waals surface area contributed by atoms with E-state index >= 15 is 0 Å². The van der Waals surface area contributed by atoms with Crippen molar-refractivity contribution < 1.29 is 14.2 Å². The van der Waals surface area contributed by atoms with Crippen LogP contribution in [0.4, 0.5) is 10.1 Å².